The molecule has 0 aromatic carbocycles. The Labute approximate surface area is 91.1 Å². The maximum absolute atomic E-state index is 6.14. The van der Waals surface area contributed by atoms with Crippen molar-refractivity contribution in [2.24, 2.45) is 5.73 Å². The first kappa shape index (κ1) is 11.3. The second-order valence-electron chi connectivity index (χ2n) is 4.47. The number of hydrogen-bond acceptors (Lipinski definition) is 4. The maximum atomic E-state index is 6.14. The van der Waals surface area contributed by atoms with Gasteiger partial charge in [0.05, 0.1) is 12.7 Å². The zero-order chi connectivity index (χ0) is 10.6. The van der Waals surface area contributed by atoms with E-state index in [-0.39, 0.29) is 5.60 Å². The van der Waals surface area contributed by atoms with Crippen molar-refractivity contribution in [3.8, 4) is 0 Å². The molecule has 2 rings (SSSR count). The van der Waals surface area contributed by atoms with E-state index in [4.69, 9.17) is 19.9 Å². The molecule has 0 radical (unpaired) electrons. The van der Waals surface area contributed by atoms with Crippen LogP contribution in [0.15, 0.2) is 0 Å². The molecule has 1 unspecified atom stereocenters. The standard InChI is InChI=1S/C11H21NO3/c12-8-11(4-1-5-14-9-11)15-10-2-6-13-7-3-10/h10H,1-9,12H2. The first-order valence-corrected chi connectivity index (χ1v) is 5.88. The summed E-state index contributed by atoms with van der Waals surface area (Å²) in [6.45, 7) is 3.68. The van der Waals surface area contributed by atoms with Crippen molar-refractivity contribution in [2.45, 2.75) is 37.4 Å². The van der Waals surface area contributed by atoms with Crippen molar-refractivity contribution in [1.82, 2.24) is 0 Å². The summed E-state index contributed by atoms with van der Waals surface area (Å²) in [5.41, 5.74) is 5.60. The number of hydrogen-bond donors (Lipinski definition) is 1. The normalized spacial score (nSPS) is 34.2. The second-order valence-corrected chi connectivity index (χ2v) is 4.47. The molecule has 0 saturated carbocycles. The third-order valence-corrected chi connectivity index (χ3v) is 3.24. The van der Waals surface area contributed by atoms with E-state index >= 15 is 0 Å². The lowest BCUT2D eigenvalue weighted by Crippen LogP contribution is -2.50. The summed E-state index contributed by atoms with van der Waals surface area (Å²) in [6, 6.07) is 0. The van der Waals surface area contributed by atoms with Gasteiger partial charge in [0.25, 0.3) is 0 Å². The zero-order valence-electron chi connectivity index (χ0n) is 9.24. The smallest absolute Gasteiger partial charge is 0.104 e. The molecule has 4 heteroatoms. The minimum atomic E-state index is -0.222. The first-order chi connectivity index (χ1) is 7.35. The fourth-order valence-corrected chi connectivity index (χ4v) is 2.28. The van der Waals surface area contributed by atoms with E-state index in [2.05, 4.69) is 0 Å². The van der Waals surface area contributed by atoms with Crippen molar-refractivity contribution in [3.63, 3.8) is 0 Å². The monoisotopic (exact) mass is 215 g/mol. The highest BCUT2D eigenvalue weighted by atomic mass is 16.6. The fraction of sp³-hybridized carbons (Fsp3) is 1.00. The van der Waals surface area contributed by atoms with Gasteiger partial charge in [-0.05, 0) is 25.7 Å². The van der Waals surface area contributed by atoms with Crippen molar-refractivity contribution in [3.05, 3.63) is 0 Å². The SMILES string of the molecule is NCC1(OC2CCOCC2)CCCOC1. The molecule has 0 aliphatic carbocycles. The summed E-state index contributed by atoms with van der Waals surface area (Å²) in [5, 5.41) is 0. The predicted octanol–water partition coefficient (Wildman–Crippen LogP) is 0.690. The number of ether oxygens (including phenoxy) is 3. The third-order valence-electron chi connectivity index (χ3n) is 3.24. The minimum Gasteiger partial charge on any atom is -0.381 e. The lowest BCUT2D eigenvalue weighted by molar-refractivity contribution is -0.169. The van der Waals surface area contributed by atoms with E-state index in [1.165, 1.54) is 0 Å². The van der Waals surface area contributed by atoms with Gasteiger partial charge in [0.2, 0.25) is 0 Å². The fourth-order valence-electron chi connectivity index (χ4n) is 2.28. The van der Waals surface area contributed by atoms with Gasteiger partial charge in [-0.15, -0.1) is 0 Å². The number of nitrogens with two attached hydrogens (primary N) is 1. The van der Waals surface area contributed by atoms with Crippen molar-refractivity contribution >= 4 is 0 Å². The van der Waals surface area contributed by atoms with E-state index in [9.17, 15) is 0 Å². The van der Waals surface area contributed by atoms with Gasteiger partial charge in [-0.25, -0.2) is 0 Å². The van der Waals surface area contributed by atoms with Crippen LogP contribution < -0.4 is 5.73 Å². The van der Waals surface area contributed by atoms with E-state index in [1.807, 2.05) is 0 Å². The third kappa shape index (κ3) is 2.91. The Balaban J connectivity index is 1.87. The van der Waals surface area contributed by atoms with Crippen LogP contribution in [0.1, 0.15) is 25.7 Å². The molecule has 2 saturated heterocycles. The van der Waals surface area contributed by atoms with Crippen LogP contribution in [-0.2, 0) is 14.2 Å². The molecular formula is C11H21NO3. The lowest BCUT2D eigenvalue weighted by atomic mass is 9.95. The largest absolute Gasteiger partial charge is 0.381 e. The Bertz CT molecular complexity index is 186. The molecule has 0 aromatic rings. The Hall–Kier alpha value is -0.160. The molecule has 2 heterocycles. The second kappa shape index (κ2) is 5.25. The van der Waals surface area contributed by atoms with Gasteiger partial charge in [-0.1, -0.05) is 0 Å². The first-order valence-electron chi connectivity index (χ1n) is 5.88. The van der Waals surface area contributed by atoms with Crippen LogP contribution in [0.4, 0.5) is 0 Å². The molecule has 0 aromatic heterocycles. The molecule has 2 N–H and O–H groups in total. The summed E-state index contributed by atoms with van der Waals surface area (Å²) in [6.07, 6.45) is 4.37. The quantitative estimate of drug-likeness (QED) is 0.752. The van der Waals surface area contributed by atoms with Gasteiger partial charge in [-0.3, -0.25) is 0 Å². The molecular weight excluding hydrogens is 194 g/mol. The van der Waals surface area contributed by atoms with Crippen molar-refractivity contribution in [1.29, 1.82) is 0 Å². The highest BCUT2D eigenvalue weighted by Crippen LogP contribution is 2.26. The predicted molar refractivity (Wildman–Crippen MR) is 56.8 cm³/mol. The van der Waals surface area contributed by atoms with Gasteiger partial charge >= 0.3 is 0 Å². The van der Waals surface area contributed by atoms with Crippen LogP contribution in [0, 0.1) is 0 Å². The summed E-state index contributed by atoms with van der Waals surface area (Å²) in [7, 11) is 0. The Morgan fingerprint density at radius 3 is 2.60 bits per heavy atom. The molecule has 2 aliphatic rings. The highest BCUT2D eigenvalue weighted by molar-refractivity contribution is 4.86. The average Bonchev–Trinajstić information content (AvgIpc) is 2.32. The van der Waals surface area contributed by atoms with Gasteiger partial charge < -0.3 is 19.9 Å². The Kier molecular flexibility index (Phi) is 3.97. The van der Waals surface area contributed by atoms with Crippen LogP contribution >= 0.6 is 0 Å². The molecule has 88 valence electrons. The maximum Gasteiger partial charge on any atom is 0.104 e. The van der Waals surface area contributed by atoms with E-state index in [1.54, 1.807) is 0 Å². The Morgan fingerprint density at radius 1 is 1.20 bits per heavy atom. The molecule has 1 atom stereocenters. The molecule has 2 fully saturated rings. The van der Waals surface area contributed by atoms with Crippen molar-refractivity contribution < 1.29 is 14.2 Å². The van der Waals surface area contributed by atoms with Gasteiger partial charge in [0.15, 0.2) is 0 Å². The molecule has 4 nitrogen and oxygen atoms in total. The highest BCUT2D eigenvalue weighted by Gasteiger charge is 2.35. The van der Waals surface area contributed by atoms with Crippen LogP contribution in [-0.4, -0.2) is 44.7 Å². The molecule has 0 spiro atoms. The van der Waals surface area contributed by atoms with Gasteiger partial charge in [-0.2, -0.15) is 0 Å². The molecule has 2 aliphatic heterocycles. The Morgan fingerprint density at radius 2 is 2.00 bits per heavy atom. The lowest BCUT2D eigenvalue weighted by Gasteiger charge is -2.39. The summed E-state index contributed by atoms with van der Waals surface area (Å²) in [4.78, 5) is 0. The zero-order valence-corrected chi connectivity index (χ0v) is 9.24. The van der Waals surface area contributed by atoms with Crippen LogP contribution in [0.25, 0.3) is 0 Å². The molecule has 0 bridgehead atoms. The summed E-state index contributed by atoms with van der Waals surface area (Å²) in [5.74, 6) is 0. The van der Waals surface area contributed by atoms with Crippen LogP contribution in [0.2, 0.25) is 0 Å². The van der Waals surface area contributed by atoms with E-state index in [0.717, 1.165) is 45.5 Å². The van der Waals surface area contributed by atoms with Crippen LogP contribution in [0.5, 0.6) is 0 Å². The molecule has 0 amide bonds. The van der Waals surface area contributed by atoms with E-state index in [0.29, 0.717) is 19.3 Å². The summed E-state index contributed by atoms with van der Waals surface area (Å²) >= 11 is 0. The average molecular weight is 215 g/mol. The molecule has 15 heavy (non-hydrogen) atoms. The topological polar surface area (TPSA) is 53.7 Å². The van der Waals surface area contributed by atoms with Gasteiger partial charge in [0.1, 0.15) is 5.60 Å². The summed E-state index contributed by atoms with van der Waals surface area (Å²) < 4.78 is 16.9. The van der Waals surface area contributed by atoms with Gasteiger partial charge in [0, 0.05) is 26.4 Å². The van der Waals surface area contributed by atoms with Crippen LogP contribution in [0.3, 0.4) is 0 Å². The van der Waals surface area contributed by atoms with E-state index < -0.39 is 0 Å². The van der Waals surface area contributed by atoms with Crippen molar-refractivity contribution in [2.75, 3.05) is 33.0 Å². The number of rotatable bonds is 3. The minimum absolute atomic E-state index is 0.222.